The first-order chi connectivity index (χ1) is 11.4. The molecule has 0 spiro atoms. The molecule has 0 aromatic heterocycles. The Morgan fingerprint density at radius 2 is 1.46 bits per heavy atom. The number of aliphatic carboxylic acids is 1. The topological polar surface area (TPSA) is 97.3 Å². The molecule has 0 fully saturated rings. The third kappa shape index (κ3) is 22.7. The molecule has 0 saturated carbocycles. The summed E-state index contributed by atoms with van der Waals surface area (Å²) < 4.78 is 33.9. The zero-order valence-corrected chi connectivity index (χ0v) is 23.9. The van der Waals surface area contributed by atoms with Crippen LogP contribution in [-0.2, 0) is 14.9 Å². The molecule has 1 unspecified atom stereocenters. The molecule has 0 aromatic rings. The number of unbranched alkanes of at least 4 members (excludes halogenated alkanes) is 9. The molecule has 0 aliphatic heterocycles. The van der Waals surface area contributed by atoms with E-state index in [9.17, 15) is 22.9 Å². The second kappa shape index (κ2) is 22.1. The first-order valence-corrected chi connectivity index (χ1v) is 10.7. The van der Waals surface area contributed by atoms with Crippen LogP contribution in [0.4, 0.5) is 0 Å². The van der Waals surface area contributed by atoms with Gasteiger partial charge in [-0.05, 0) is 32.1 Å². The van der Waals surface area contributed by atoms with E-state index < -0.39 is 21.3 Å². The van der Waals surface area contributed by atoms with Crippen molar-refractivity contribution in [3.05, 3.63) is 12.2 Å². The normalized spacial score (nSPS) is 12.4. The van der Waals surface area contributed by atoms with Crippen LogP contribution in [0.1, 0.15) is 90.4 Å². The van der Waals surface area contributed by atoms with Crippen LogP contribution >= 0.6 is 0 Å². The zero-order chi connectivity index (χ0) is 18.3. The summed E-state index contributed by atoms with van der Waals surface area (Å²) in [6.07, 6.45) is 14.2. The van der Waals surface area contributed by atoms with Crippen LogP contribution in [0.25, 0.3) is 0 Å². The van der Waals surface area contributed by atoms with Crippen molar-refractivity contribution in [2.24, 2.45) is 0 Å². The van der Waals surface area contributed by atoms with Crippen molar-refractivity contribution in [3.63, 3.8) is 0 Å². The number of hydrogen-bond donors (Lipinski definition) is 0. The third-order valence-corrected chi connectivity index (χ3v) is 5.20. The minimum atomic E-state index is -4.32. The maximum absolute atomic E-state index is 11.3. The van der Waals surface area contributed by atoms with Gasteiger partial charge in [0.05, 0.1) is 5.25 Å². The van der Waals surface area contributed by atoms with E-state index in [0.717, 1.165) is 25.7 Å². The Morgan fingerprint density at radius 3 is 2.04 bits per heavy atom. The maximum Gasteiger partial charge on any atom is 1.00 e. The molecule has 0 aliphatic carbocycles. The van der Waals surface area contributed by atoms with Gasteiger partial charge in [0.15, 0.2) is 0 Å². The summed E-state index contributed by atoms with van der Waals surface area (Å²) in [5.74, 6) is -1.06. The van der Waals surface area contributed by atoms with E-state index in [1.165, 1.54) is 31.8 Å². The Kier molecular flexibility index (Phi) is 28.1. The fourth-order valence-corrected chi connectivity index (χ4v) is 3.35. The van der Waals surface area contributed by atoms with E-state index in [-0.39, 0.29) is 109 Å². The largest absolute Gasteiger partial charge is 1.00 e. The Morgan fingerprint density at radius 1 is 0.923 bits per heavy atom. The van der Waals surface area contributed by atoms with Crippen LogP contribution in [-0.4, -0.2) is 24.2 Å². The Labute approximate surface area is 245 Å². The molecule has 0 aromatic carbocycles. The molecule has 142 valence electrons. The number of allylic oxidation sites excluding steroid dienone is 1. The van der Waals surface area contributed by atoms with Crippen LogP contribution in [0.15, 0.2) is 12.2 Å². The second-order valence-electron chi connectivity index (χ2n) is 6.34. The van der Waals surface area contributed by atoms with Crippen LogP contribution in [0.5, 0.6) is 0 Å². The van der Waals surface area contributed by atoms with Crippen molar-refractivity contribution in [3.8, 4) is 0 Å². The van der Waals surface area contributed by atoms with Crippen molar-refractivity contribution >= 4 is 16.1 Å². The fourth-order valence-electron chi connectivity index (χ4n) is 2.60. The fraction of sp³-hybridized carbons (Fsp3) is 0.833. The monoisotopic (exact) mass is 438 g/mol. The van der Waals surface area contributed by atoms with Crippen LogP contribution < -0.4 is 108 Å². The van der Waals surface area contributed by atoms with Gasteiger partial charge in [0.2, 0.25) is 0 Å². The van der Waals surface area contributed by atoms with Gasteiger partial charge in [-0.3, -0.25) is 0 Å². The first kappa shape index (κ1) is 33.0. The molecule has 0 N–H and O–H groups in total. The van der Waals surface area contributed by atoms with E-state index in [4.69, 9.17) is 0 Å². The standard InChI is InChI=1S/C18H34O5S.2K/c1-2-3-4-5-6-7-8-11-14-17(24(21,22)23)15-12-9-10-13-16-18(19)20;;/h11,14,17H,2-10,12-13,15-16H2,1H3,(H,19,20)(H,21,22,23);;/q;2*+1/p-2/b14-11-;;. The molecule has 0 amide bonds. The average molecular weight is 439 g/mol. The molecule has 0 saturated heterocycles. The molecule has 0 aliphatic rings. The van der Waals surface area contributed by atoms with E-state index in [1.807, 2.05) is 6.08 Å². The van der Waals surface area contributed by atoms with Gasteiger partial charge in [0.1, 0.15) is 10.1 Å². The SMILES string of the molecule is CCCCCCCC/C=C\C(CCCCCCC(=O)[O-])S(=O)(=O)[O-].[K+].[K+]. The van der Waals surface area contributed by atoms with Gasteiger partial charge < -0.3 is 14.5 Å². The average Bonchev–Trinajstić information content (AvgIpc) is 2.49. The van der Waals surface area contributed by atoms with Gasteiger partial charge in [0.25, 0.3) is 0 Å². The van der Waals surface area contributed by atoms with Crippen LogP contribution in [0, 0.1) is 0 Å². The summed E-state index contributed by atoms with van der Waals surface area (Å²) in [5.41, 5.74) is 0. The predicted octanol–water partition coefficient (Wildman–Crippen LogP) is -2.69. The number of carboxylic acids is 1. The van der Waals surface area contributed by atoms with E-state index in [0.29, 0.717) is 25.7 Å². The van der Waals surface area contributed by atoms with E-state index in [1.54, 1.807) is 0 Å². The number of hydrogen-bond acceptors (Lipinski definition) is 5. The quantitative estimate of drug-likeness (QED) is 0.113. The Balaban J connectivity index is -0.00000264. The summed E-state index contributed by atoms with van der Waals surface area (Å²) >= 11 is 0. The number of carboxylic acid groups (broad SMARTS) is 1. The van der Waals surface area contributed by atoms with Gasteiger partial charge in [-0.1, -0.05) is 70.4 Å². The molecule has 0 heterocycles. The van der Waals surface area contributed by atoms with E-state index >= 15 is 0 Å². The van der Waals surface area contributed by atoms with Crippen LogP contribution in [0.2, 0.25) is 0 Å². The van der Waals surface area contributed by atoms with Crippen molar-refractivity contribution in [1.29, 1.82) is 0 Å². The molecule has 5 nitrogen and oxygen atoms in total. The second-order valence-corrected chi connectivity index (χ2v) is 7.93. The first-order valence-electron chi connectivity index (χ1n) is 9.19. The predicted molar refractivity (Wildman–Crippen MR) is 93.3 cm³/mol. The maximum atomic E-state index is 11.3. The molecule has 26 heavy (non-hydrogen) atoms. The minimum absolute atomic E-state index is 0. The third-order valence-electron chi connectivity index (χ3n) is 4.07. The van der Waals surface area contributed by atoms with Gasteiger partial charge in [-0.25, -0.2) is 8.42 Å². The summed E-state index contributed by atoms with van der Waals surface area (Å²) in [6.45, 7) is 2.18. The molecule has 8 heteroatoms. The summed E-state index contributed by atoms with van der Waals surface area (Å²) in [4.78, 5) is 10.3. The van der Waals surface area contributed by atoms with Gasteiger partial charge in [-0.2, -0.15) is 0 Å². The summed E-state index contributed by atoms with van der Waals surface area (Å²) in [6, 6.07) is 0. The van der Waals surface area contributed by atoms with Crippen molar-refractivity contribution in [2.75, 3.05) is 0 Å². The molecule has 1 atom stereocenters. The number of carbonyl (C=O) groups excluding carboxylic acids is 1. The summed E-state index contributed by atoms with van der Waals surface area (Å²) in [5, 5.41) is 9.32. The zero-order valence-electron chi connectivity index (χ0n) is 16.9. The molecule has 0 bridgehead atoms. The van der Waals surface area contributed by atoms with Gasteiger partial charge in [-0.15, -0.1) is 0 Å². The molecule has 0 rings (SSSR count). The van der Waals surface area contributed by atoms with E-state index in [2.05, 4.69) is 6.92 Å². The number of carbonyl (C=O) groups is 1. The Bertz CT molecular complexity index is 452. The minimum Gasteiger partial charge on any atom is -0.747 e. The Hall–Kier alpha value is 2.39. The molecular weight excluding hydrogens is 406 g/mol. The van der Waals surface area contributed by atoms with Crippen molar-refractivity contribution in [2.45, 2.75) is 95.6 Å². The number of rotatable bonds is 16. The van der Waals surface area contributed by atoms with Gasteiger partial charge in [0, 0.05) is 5.97 Å². The van der Waals surface area contributed by atoms with Crippen molar-refractivity contribution in [1.82, 2.24) is 0 Å². The molecular formula is C18H32K2O5S. The van der Waals surface area contributed by atoms with Crippen molar-refractivity contribution < 1.29 is 126 Å². The smallest absolute Gasteiger partial charge is 0.747 e. The molecule has 0 radical (unpaired) electrons. The van der Waals surface area contributed by atoms with Crippen LogP contribution in [0.3, 0.4) is 0 Å². The summed E-state index contributed by atoms with van der Waals surface area (Å²) in [7, 11) is -4.32. The van der Waals surface area contributed by atoms with Gasteiger partial charge >= 0.3 is 103 Å².